The number of aliphatic imine (C=N–C) groups is 1. The number of carbonyl (C=O) groups is 1. The smallest absolute Gasteiger partial charge is 0.319 e. The Kier molecular flexibility index (Phi) is 10.8. The van der Waals surface area contributed by atoms with Crippen LogP contribution >= 0.6 is 24.0 Å². The molecule has 0 aliphatic heterocycles. The number of hydrogen-bond acceptors (Lipinski definition) is 4. The standard InChI is InChI=1S/C21H33N7O2.HI/c1-6-22-19(24-14-21(4,30)17-12-25-28(5)13-17)23-11-16-7-9-18(10-8-16)27-20(29)26-15(2)3;/h7-10,12-13,15,30H,6,11,14H2,1-5H3,(H2,22,23,24)(H2,26,27,29);1H. The molecule has 0 aliphatic rings. The molecule has 1 unspecified atom stereocenters. The number of aromatic nitrogens is 2. The summed E-state index contributed by atoms with van der Waals surface area (Å²) in [6.45, 7) is 9.00. The van der Waals surface area contributed by atoms with Crippen LogP contribution in [-0.4, -0.2) is 46.0 Å². The van der Waals surface area contributed by atoms with Gasteiger partial charge >= 0.3 is 6.03 Å². The average Bonchev–Trinajstić information content (AvgIpc) is 3.12. The largest absolute Gasteiger partial charge is 0.383 e. The van der Waals surface area contributed by atoms with E-state index in [1.54, 1.807) is 24.0 Å². The maximum Gasteiger partial charge on any atom is 0.319 e. The predicted molar refractivity (Wildman–Crippen MR) is 135 cm³/mol. The van der Waals surface area contributed by atoms with Crippen LogP contribution in [-0.2, 0) is 19.2 Å². The van der Waals surface area contributed by atoms with Crippen LogP contribution in [0.2, 0.25) is 0 Å². The summed E-state index contributed by atoms with van der Waals surface area (Å²) in [4.78, 5) is 16.3. The highest BCUT2D eigenvalue weighted by Crippen LogP contribution is 2.18. The van der Waals surface area contributed by atoms with Gasteiger partial charge in [-0.25, -0.2) is 9.79 Å². The lowest BCUT2D eigenvalue weighted by Crippen LogP contribution is -2.44. The van der Waals surface area contributed by atoms with Crippen molar-refractivity contribution in [3.05, 3.63) is 47.8 Å². The Labute approximate surface area is 201 Å². The first-order valence-electron chi connectivity index (χ1n) is 10.1. The van der Waals surface area contributed by atoms with Gasteiger partial charge in [0.05, 0.1) is 19.3 Å². The third kappa shape index (κ3) is 9.13. The number of hydrogen-bond donors (Lipinski definition) is 5. The third-order valence-corrected chi connectivity index (χ3v) is 4.32. The first-order chi connectivity index (χ1) is 14.2. The second-order valence-corrected chi connectivity index (χ2v) is 7.68. The van der Waals surface area contributed by atoms with Crippen LogP contribution < -0.4 is 21.3 Å². The lowest BCUT2D eigenvalue weighted by Gasteiger charge is -2.23. The van der Waals surface area contributed by atoms with E-state index in [0.717, 1.165) is 16.8 Å². The van der Waals surface area contributed by atoms with Crippen LogP contribution in [0.4, 0.5) is 10.5 Å². The molecule has 0 fully saturated rings. The van der Waals surface area contributed by atoms with Crippen molar-refractivity contribution in [3.63, 3.8) is 0 Å². The number of urea groups is 1. The maximum atomic E-state index is 11.8. The second kappa shape index (κ2) is 12.5. The van der Waals surface area contributed by atoms with Crippen LogP contribution in [0.3, 0.4) is 0 Å². The summed E-state index contributed by atoms with van der Waals surface area (Å²) in [5, 5.41) is 26.8. The fraction of sp³-hybridized carbons (Fsp3) is 0.476. The topological polar surface area (TPSA) is 116 Å². The molecule has 1 atom stereocenters. The minimum absolute atomic E-state index is 0. The Morgan fingerprint density at radius 1 is 1.26 bits per heavy atom. The molecule has 172 valence electrons. The number of carbonyl (C=O) groups excluding carboxylic acids is 1. The van der Waals surface area contributed by atoms with Crippen molar-refractivity contribution >= 4 is 41.7 Å². The lowest BCUT2D eigenvalue weighted by molar-refractivity contribution is 0.0616. The molecule has 5 N–H and O–H groups in total. The zero-order chi connectivity index (χ0) is 22.1. The molecule has 2 amide bonds. The molecule has 2 aromatic rings. The summed E-state index contributed by atoms with van der Waals surface area (Å²) in [6.07, 6.45) is 3.45. The quantitative estimate of drug-likeness (QED) is 0.200. The number of nitrogens with one attached hydrogen (secondary N) is 4. The van der Waals surface area contributed by atoms with Gasteiger partial charge in [-0.1, -0.05) is 12.1 Å². The van der Waals surface area contributed by atoms with Gasteiger partial charge in [0, 0.05) is 37.1 Å². The van der Waals surface area contributed by atoms with Crippen LogP contribution in [0.15, 0.2) is 41.7 Å². The number of halogens is 1. The summed E-state index contributed by atoms with van der Waals surface area (Å²) < 4.78 is 1.66. The predicted octanol–water partition coefficient (Wildman–Crippen LogP) is 2.53. The van der Waals surface area contributed by atoms with Crippen molar-refractivity contribution in [1.82, 2.24) is 25.7 Å². The third-order valence-electron chi connectivity index (χ3n) is 4.32. The molecule has 0 saturated heterocycles. The van der Waals surface area contributed by atoms with Gasteiger partial charge in [0.1, 0.15) is 5.60 Å². The van der Waals surface area contributed by atoms with E-state index in [1.807, 2.05) is 52.1 Å². The molecule has 2 rings (SSSR count). The molecule has 1 heterocycles. The number of nitrogens with zero attached hydrogens (tertiary/aromatic N) is 3. The number of aryl methyl sites for hydroxylation is 1. The highest BCUT2D eigenvalue weighted by atomic mass is 127. The van der Waals surface area contributed by atoms with E-state index in [4.69, 9.17) is 0 Å². The Hall–Kier alpha value is -2.34. The van der Waals surface area contributed by atoms with E-state index in [0.29, 0.717) is 25.6 Å². The fourth-order valence-corrected chi connectivity index (χ4v) is 2.69. The number of anilines is 1. The first kappa shape index (κ1) is 26.7. The summed E-state index contributed by atoms with van der Waals surface area (Å²) in [5.74, 6) is 0.611. The highest BCUT2D eigenvalue weighted by Gasteiger charge is 2.24. The van der Waals surface area contributed by atoms with E-state index >= 15 is 0 Å². The molecule has 0 bridgehead atoms. The molecular weight excluding hydrogens is 509 g/mol. The molecular formula is C21H34IN7O2. The second-order valence-electron chi connectivity index (χ2n) is 7.68. The normalized spacial score (nSPS) is 13.2. The number of aliphatic hydroxyl groups is 1. The Morgan fingerprint density at radius 3 is 2.48 bits per heavy atom. The van der Waals surface area contributed by atoms with Gasteiger partial charge < -0.3 is 26.4 Å². The number of guanidine groups is 1. The number of amides is 2. The molecule has 1 aromatic heterocycles. The zero-order valence-corrected chi connectivity index (χ0v) is 21.1. The molecule has 31 heavy (non-hydrogen) atoms. The summed E-state index contributed by atoms with van der Waals surface area (Å²) in [7, 11) is 1.82. The molecule has 0 saturated carbocycles. The van der Waals surface area contributed by atoms with Gasteiger partial charge in [0.15, 0.2) is 5.96 Å². The van der Waals surface area contributed by atoms with Gasteiger partial charge in [-0.15, -0.1) is 24.0 Å². The van der Waals surface area contributed by atoms with Gasteiger partial charge in [-0.3, -0.25) is 4.68 Å². The maximum absolute atomic E-state index is 11.8. The monoisotopic (exact) mass is 543 g/mol. The van der Waals surface area contributed by atoms with Crippen molar-refractivity contribution in [2.75, 3.05) is 18.4 Å². The van der Waals surface area contributed by atoms with Crippen LogP contribution in [0.5, 0.6) is 0 Å². The molecule has 10 heteroatoms. The average molecular weight is 543 g/mol. The van der Waals surface area contributed by atoms with Crippen molar-refractivity contribution in [3.8, 4) is 0 Å². The van der Waals surface area contributed by atoms with Gasteiger partial charge in [0.25, 0.3) is 0 Å². The van der Waals surface area contributed by atoms with E-state index in [9.17, 15) is 9.90 Å². The first-order valence-corrected chi connectivity index (χ1v) is 10.1. The lowest BCUT2D eigenvalue weighted by atomic mass is 10.00. The van der Waals surface area contributed by atoms with Crippen LogP contribution in [0.25, 0.3) is 0 Å². The SMILES string of the molecule is CCNC(=NCc1ccc(NC(=O)NC(C)C)cc1)NCC(C)(O)c1cnn(C)c1.I. The van der Waals surface area contributed by atoms with Gasteiger partial charge in [-0.2, -0.15) is 5.10 Å². The summed E-state index contributed by atoms with van der Waals surface area (Å²) >= 11 is 0. The molecule has 1 aromatic carbocycles. The molecule has 0 aliphatic carbocycles. The summed E-state index contributed by atoms with van der Waals surface area (Å²) in [5.41, 5.74) is 1.38. The Bertz CT molecular complexity index is 848. The van der Waals surface area contributed by atoms with Crippen molar-refractivity contribution in [2.24, 2.45) is 12.0 Å². The van der Waals surface area contributed by atoms with Crippen molar-refractivity contribution in [1.29, 1.82) is 0 Å². The number of benzene rings is 1. The van der Waals surface area contributed by atoms with E-state index < -0.39 is 5.60 Å². The van der Waals surface area contributed by atoms with Gasteiger partial charge in [0.2, 0.25) is 0 Å². The molecule has 0 spiro atoms. The minimum atomic E-state index is -1.08. The van der Waals surface area contributed by atoms with Crippen LogP contribution in [0.1, 0.15) is 38.8 Å². The highest BCUT2D eigenvalue weighted by molar-refractivity contribution is 14.0. The molecule has 9 nitrogen and oxygen atoms in total. The van der Waals surface area contributed by atoms with Gasteiger partial charge in [-0.05, 0) is 45.4 Å². The van der Waals surface area contributed by atoms with E-state index in [-0.39, 0.29) is 36.0 Å². The zero-order valence-electron chi connectivity index (χ0n) is 18.8. The van der Waals surface area contributed by atoms with Crippen molar-refractivity contribution in [2.45, 2.75) is 45.9 Å². The Balaban J connectivity index is 0.00000480. The van der Waals surface area contributed by atoms with Crippen molar-refractivity contribution < 1.29 is 9.90 Å². The molecule has 0 radical (unpaired) electrons. The minimum Gasteiger partial charge on any atom is -0.383 e. The number of rotatable bonds is 8. The van der Waals surface area contributed by atoms with E-state index in [1.165, 1.54) is 0 Å². The summed E-state index contributed by atoms with van der Waals surface area (Å²) in [6, 6.07) is 7.38. The van der Waals surface area contributed by atoms with E-state index in [2.05, 4.69) is 31.4 Å². The Morgan fingerprint density at radius 2 is 1.94 bits per heavy atom. The fourth-order valence-electron chi connectivity index (χ4n) is 2.69. The van der Waals surface area contributed by atoms with Crippen LogP contribution in [0, 0.1) is 0 Å².